The number of methoxy groups -OCH3 is 1. The minimum absolute atomic E-state index is 0.00979. The third-order valence-corrected chi connectivity index (χ3v) is 6.56. The van der Waals surface area contributed by atoms with Crippen LogP contribution in [0.3, 0.4) is 0 Å². The quantitative estimate of drug-likeness (QED) is 0.473. The lowest BCUT2D eigenvalue weighted by atomic mass is 10.1. The average molecular weight is 468 g/mol. The zero-order chi connectivity index (χ0) is 23.8. The number of ether oxygens (including phenoxy) is 1. The summed E-state index contributed by atoms with van der Waals surface area (Å²) < 4.78 is 33.2. The van der Waals surface area contributed by atoms with Crippen molar-refractivity contribution in [3.05, 3.63) is 89.5 Å². The maximum atomic E-state index is 12.8. The molecule has 0 unspecified atom stereocenters. The lowest BCUT2D eigenvalue weighted by Crippen LogP contribution is -2.23. The van der Waals surface area contributed by atoms with E-state index in [0.717, 1.165) is 18.7 Å². The van der Waals surface area contributed by atoms with Crippen molar-refractivity contribution in [1.82, 2.24) is 10.2 Å². The second kappa shape index (κ2) is 11.0. The van der Waals surface area contributed by atoms with Crippen LogP contribution >= 0.6 is 0 Å². The molecule has 0 aliphatic carbocycles. The first-order valence-corrected chi connectivity index (χ1v) is 12.1. The molecule has 1 amide bonds. The predicted molar refractivity (Wildman–Crippen MR) is 130 cm³/mol. The summed E-state index contributed by atoms with van der Waals surface area (Å²) in [6.07, 6.45) is 0. The van der Waals surface area contributed by atoms with Crippen LogP contribution < -0.4 is 14.8 Å². The van der Waals surface area contributed by atoms with Crippen molar-refractivity contribution in [2.24, 2.45) is 0 Å². The molecule has 174 valence electrons. The number of amides is 1. The highest BCUT2D eigenvalue weighted by atomic mass is 32.2. The van der Waals surface area contributed by atoms with E-state index in [1.165, 1.54) is 24.8 Å². The smallest absolute Gasteiger partial charge is 0.261 e. The molecule has 3 rings (SSSR count). The molecule has 0 bridgehead atoms. The number of sulfonamides is 1. The lowest BCUT2D eigenvalue weighted by molar-refractivity contribution is 0.0950. The highest BCUT2D eigenvalue weighted by Gasteiger charge is 2.17. The van der Waals surface area contributed by atoms with Crippen molar-refractivity contribution in [1.29, 1.82) is 0 Å². The Bertz CT molecular complexity index is 1190. The van der Waals surface area contributed by atoms with E-state index < -0.39 is 10.0 Å². The van der Waals surface area contributed by atoms with Crippen LogP contribution in [0.2, 0.25) is 0 Å². The number of hydrogen-bond acceptors (Lipinski definition) is 5. The summed E-state index contributed by atoms with van der Waals surface area (Å²) in [4.78, 5) is 14.9. The van der Waals surface area contributed by atoms with E-state index in [9.17, 15) is 13.2 Å². The van der Waals surface area contributed by atoms with Crippen LogP contribution in [0.15, 0.2) is 77.7 Å². The lowest BCUT2D eigenvalue weighted by Gasteiger charge is -2.14. The monoisotopic (exact) mass is 467 g/mol. The summed E-state index contributed by atoms with van der Waals surface area (Å²) in [7, 11) is -0.258. The van der Waals surface area contributed by atoms with Gasteiger partial charge in [-0.25, -0.2) is 8.42 Å². The number of anilines is 1. The zero-order valence-corrected chi connectivity index (χ0v) is 19.9. The third-order valence-electron chi connectivity index (χ3n) is 5.19. The molecule has 0 spiro atoms. The molecule has 8 heteroatoms. The Labute approximate surface area is 195 Å². The van der Waals surface area contributed by atoms with Crippen LogP contribution in [0, 0.1) is 0 Å². The Morgan fingerprint density at radius 2 is 1.67 bits per heavy atom. The Hall–Kier alpha value is -3.36. The van der Waals surface area contributed by atoms with E-state index in [4.69, 9.17) is 4.74 Å². The number of nitrogens with zero attached hydrogens (tertiary/aromatic N) is 1. The fourth-order valence-electron chi connectivity index (χ4n) is 3.22. The molecule has 33 heavy (non-hydrogen) atoms. The summed E-state index contributed by atoms with van der Waals surface area (Å²) in [6, 6.07) is 20.6. The molecule has 0 saturated heterocycles. The van der Waals surface area contributed by atoms with Crippen molar-refractivity contribution in [3.63, 3.8) is 0 Å². The maximum absolute atomic E-state index is 12.8. The van der Waals surface area contributed by atoms with Gasteiger partial charge in [-0.15, -0.1) is 0 Å². The molecule has 0 radical (unpaired) electrons. The van der Waals surface area contributed by atoms with Gasteiger partial charge in [-0.1, -0.05) is 37.3 Å². The topological polar surface area (TPSA) is 87.7 Å². The molecule has 2 N–H and O–H groups in total. The van der Waals surface area contributed by atoms with Gasteiger partial charge in [-0.2, -0.15) is 0 Å². The van der Waals surface area contributed by atoms with Gasteiger partial charge in [0.25, 0.3) is 15.9 Å². The Balaban J connectivity index is 1.67. The minimum atomic E-state index is -3.85. The maximum Gasteiger partial charge on any atom is 0.261 e. The zero-order valence-electron chi connectivity index (χ0n) is 19.0. The van der Waals surface area contributed by atoms with E-state index in [2.05, 4.69) is 41.0 Å². The average Bonchev–Trinajstić information content (AvgIpc) is 2.83. The largest absolute Gasteiger partial charge is 0.497 e. The van der Waals surface area contributed by atoms with Crippen molar-refractivity contribution in [3.8, 4) is 5.75 Å². The molecular formula is C25H29N3O4S. The van der Waals surface area contributed by atoms with Gasteiger partial charge in [0.2, 0.25) is 0 Å². The minimum Gasteiger partial charge on any atom is -0.497 e. The van der Waals surface area contributed by atoms with Gasteiger partial charge in [0.1, 0.15) is 5.75 Å². The fraction of sp³-hybridized carbons (Fsp3) is 0.240. The molecule has 0 aliphatic heterocycles. The molecule has 0 heterocycles. The second-order valence-corrected chi connectivity index (χ2v) is 9.38. The first-order valence-electron chi connectivity index (χ1n) is 10.6. The summed E-state index contributed by atoms with van der Waals surface area (Å²) >= 11 is 0. The van der Waals surface area contributed by atoms with Crippen LogP contribution in [-0.4, -0.2) is 39.9 Å². The van der Waals surface area contributed by atoms with Crippen LogP contribution in [0.4, 0.5) is 5.69 Å². The van der Waals surface area contributed by atoms with Crippen LogP contribution in [0.5, 0.6) is 5.75 Å². The Morgan fingerprint density at radius 3 is 2.36 bits per heavy atom. The summed E-state index contributed by atoms with van der Waals surface area (Å²) in [5, 5.41) is 2.87. The number of benzene rings is 3. The van der Waals surface area contributed by atoms with Crippen molar-refractivity contribution < 1.29 is 17.9 Å². The SMILES string of the molecule is CCN(C)Cc1cccc(CNC(=O)c2cccc(S(=O)(=O)Nc3ccc(OC)cc3)c2)c1. The molecular weight excluding hydrogens is 438 g/mol. The van der Waals surface area contributed by atoms with Gasteiger partial charge in [-0.3, -0.25) is 9.52 Å². The molecule has 0 atom stereocenters. The van der Waals surface area contributed by atoms with E-state index in [-0.39, 0.29) is 16.4 Å². The van der Waals surface area contributed by atoms with Gasteiger partial charge in [-0.05, 0) is 67.2 Å². The van der Waals surface area contributed by atoms with Gasteiger partial charge >= 0.3 is 0 Å². The standard InChI is InChI=1S/C25H29N3O4S/c1-4-28(2)18-20-8-5-7-19(15-20)17-26-25(29)21-9-6-10-24(16-21)33(30,31)27-22-11-13-23(32-3)14-12-22/h5-16,27H,4,17-18H2,1-3H3,(H,26,29). The molecule has 3 aromatic rings. The van der Waals surface area contributed by atoms with E-state index >= 15 is 0 Å². The van der Waals surface area contributed by atoms with Crippen LogP contribution in [0.1, 0.15) is 28.4 Å². The van der Waals surface area contributed by atoms with E-state index in [1.54, 1.807) is 36.4 Å². The number of carbonyl (C=O) groups is 1. The van der Waals surface area contributed by atoms with Gasteiger partial charge in [0.15, 0.2) is 0 Å². The molecule has 0 fully saturated rings. The molecule has 0 aromatic heterocycles. The fourth-order valence-corrected chi connectivity index (χ4v) is 4.33. The highest BCUT2D eigenvalue weighted by molar-refractivity contribution is 7.92. The number of rotatable bonds is 10. The van der Waals surface area contributed by atoms with Gasteiger partial charge < -0.3 is 15.0 Å². The number of carbonyl (C=O) groups excluding carboxylic acids is 1. The van der Waals surface area contributed by atoms with Crippen LogP contribution in [-0.2, 0) is 23.1 Å². The first kappa shape index (κ1) is 24.3. The van der Waals surface area contributed by atoms with Crippen molar-refractivity contribution >= 4 is 21.6 Å². The van der Waals surface area contributed by atoms with E-state index in [0.29, 0.717) is 18.0 Å². The predicted octanol–water partition coefficient (Wildman–Crippen LogP) is 3.88. The summed E-state index contributed by atoms with van der Waals surface area (Å²) in [5.74, 6) is 0.284. The molecule has 0 saturated carbocycles. The van der Waals surface area contributed by atoms with Crippen LogP contribution in [0.25, 0.3) is 0 Å². The first-order chi connectivity index (χ1) is 15.8. The van der Waals surface area contributed by atoms with E-state index in [1.807, 2.05) is 12.1 Å². The summed E-state index contributed by atoms with van der Waals surface area (Å²) in [5.41, 5.74) is 2.83. The molecule has 0 aliphatic rings. The molecule has 7 nitrogen and oxygen atoms in total. The highest BCUT2D eigenvalue weighted by Crippen LogP contribution is 2.20. The van der Waals surface area contributed by atoms with Gasteiger partial charge in [0.05, 0.1) is 12.0 Å². The number of nitrogens with one attached hydrogen (secondary N) is 2. The summed E-state index contributed by atoms with van der Waals surface area (Å²) in [6.45, 7) is 4.24. The van der Waals surface area contributed by atoms with Crippen molar-refractivity contribution in [2.45, 2.75) is 24.9 Å². The number of hydrogen-bond donors (Lipinski definition) is 2. The normalized spacial score (nSPS) is 11.3. The molecule has 3 aromatic carbocycles. The Morgan fingerprint density at radius 1 is 0.970 bits per heavy atom. The van der Waals surface area contributed by atoms with Crippen molar-refractivity contribution in [2.75, 3.05) is 25.4 Å². The second-order valence-electron chi connectivity index (χ2n) is 7.69. The van der Waals surface area contributed by atoms with Gasteiger partial charge in [0, 0.05) is 24.3 Å². The Kier molecular flexibility index (Phi) is 8.08. The third kappa shape index (κ3) is 6.81.